The van der Waals surface area contributed by atoms with Crippen molar-refractivity contribution in [2.24, 2.45) is 5.92 Å². The summed E-state index contributed by atoms with van der Waals surface area (Å²) in [6.07, 6.45) is -0.140. The number of carbonyl (C=O) groups is 2. The van der Waals surface area contributed by atoms with Gasteiger partial charge in [-0.1, -0.05) is 66.7 Å². The van der Waals surface area contributed by atoms with Crippen molar-refractivity contribution in [2.45, 2.75) is 31.4 Å². The first-order chi connectivity index (χ1) is 16.5. The second kappa shape index (κ2) is 10.5. The molecular weight excluding hydrogens is 432 g/mol. The molecule has 7 nitrogen and oxygen atoms in total. The maximum absolute atomic E-state index is 13.2. The van der Waals surface area contributed by atoms with Crippen LogP contribution in [0.2, 0.25) is 0 Å². The molecule has 176 valence electrons. The molecule has 2 amide bonds. The van der Waals surface area contributed by atoms with Crippen LogP contribution in [0.5, 0.6) is 5.75 Å². The molecule has 0 heterocycles. The lowest BCUT2D eigenvalue weighted by Crippen LogP contribution is -2.40. The summed E-state index contributed by atoms with van der Waals surface area (Å²) in [6, 6.07) is 22.5. The number of hydrogen-bond acceptors (Lipinski definition) is 5. The van der Waals surface area contributed by atoms with Gasteiger partial charge in [-0.05, 0) is 34.7 Å². The van der Waals surface area contributed by atoms with E-state index in [0.717, 1.165) is 33.6 Å². The van der Waals surface area contributed by atoms with Crippen molar-refractivity contribution in [1.82, 2.24) is 10.8 Å². The first-order valence-electron chi connectivity index (χ1n) is 11.2. The number of benzene rings is 3. The van der Waals surface area contributed by atoms with Crippen LogP contribution < -0.4 is 15.5 Å². The molecule has 0 fully saturated rings. The third kappa shape index (κ3) is 5.11. The molecule has 3 aromatic carbocycles. The van der Waals surface area contributed by atoms with Gasteiger partial charge < -0.3 is 15.2 Å². The Morgan fingerprint density at radius 3 is 2.47 bits per heavy atom. The molecule has 0 spiro atoms. The van der Waals surface area contributed by atoms with E-state index in [4.69, 9.17) is 9.94 Å². The first-order valence-corrected chi connectivity index (χ1v) is 11.2. The molecule has 3 aromatic rings. The normalized spacial score (nSPS) is 17.5. The average Bonchev–Trinajstić information content (AvgIpc) is 3.18. The summed E-state index contributed by atoms with van der Waals surface area (Å²) < 4.78 is 5.44. The van der Waals surface area contributed by atoms with Crippen molar-refractivity contribution in [3.8, 4) is 16.9 Å². The minimum absolute atomic E-state index is 0.180. The SMILES string of the molecule is COc1ccccc1-c1ccc(C[C@H](CC(=O)NO)C(=O)N[C@H]2c3ccccc3C[C@H]2O)cc1. The van der Waals surface area contributed by atoms with Crippen LogP contribution in [0.3, 0.4) is 0 Å². The molecule has 0 saturated carbocycles. The number of aliphatic hydroxyl groups is 1. The molecular formula is C27H28N2O5. The lowest BCUT2D eigenvalue weighted by atomic mass is 9.93. The van der Waals surface area contributed by atoms with Gasteiger partial charge in [0.05, 0.1) is 25.2 Å². The zero-order valence-corrected chi connectivity index (χ0v) is 18.9. The molecule has 0 unspecified atom stereocenters. The molecule has 4 N–H and O–H groups in total. The van der Waals surface area contributed by atoms with Gasteiger partial charge in [0, 0.05) is 18.4 Å². The monoisotopic (exact) mass is 460 g/mol. The standard InChI is InChI=1S/C27H28N2O5/c1-34-24-9-5-4-7-21(24)18-12-10-17(11-13-18)14-20(16-25(31)29-33)27(32)28-26-22-8-3-2-6-19(22)15-23(26)30/h2-13,20,23,26,30,33H,14-16H2,1H3,(H,28,32)(H,29,31)/t20-,23-,26+/m1/s1. The quantitative estimate of drug-likeness (QED) is 0.305. The summed E-state index contributed by atoms with van der Waals surface area (Å²) in [5.41, 5.74) is 6.30. The summed E-state index contributed by atoms with van der Waals surface area (Å²) >= 11 is 0. The zero-order chi connectivity index (χ0) is 24.1. The summed E-state index contributed by atoms with van der Waals surface area (Å²) in [6.45, 7) is 0. The number of carbonyl (C=O) groups excluding carboxylic acids is 2. The Morgan fingerprint density at radius 2 is 1.74 bits per heavy atom. The predicted molar refractivity (Wildman–Crippen MR) is 127 cm³/mol. The van der Waals surface area contributed by atoms with Gasteiger partial charge in [-0.3, -0.25) is 14.8 Å². The number of hydroxylamine groups is 1. The van der Waals surface area contributed by atoms with Crippen LogP contribution in [0.4, 0.5) is 0 Å². The highest BCUT2D eigenvalue weighted by Gasteiger charge is 2.34. The lowest BCUT2D eigenvalue weighted by Gasteiger charge is -2.22. The van der Waals surface area contributed by atoms with E-state index in [2.05, 4.69) is 5.32 Å². The third-order valence-electron chi connectivity index (χ3n) is 6.28. The molecule has 0 aromatic heterocycles. The Labute approximate surface area is 198 Å². The van der Waals surface area contributed by atoms with E-state index in [-0.39, 0.29) is 12.3 Å². The highest BCUT2D eigenvalue weighted by atomic mass is 16.5. The zero-order valence-electron chi connectivity index (χ0n) is 18.9. The Morgan fingerprint density at radius 1 is 1.03 bits per heavy atom. The highest BCUT2D eigenvalue weighted by Crippen LogP contribution is 2.32. The van der Waals surface area contributed by atoms with Gasteiger partial charge in [-0.25, -0.2) is 5.48 Å². The molecule has 1 aliphatic rings. The molecule has 34 heavy (non-hydrogen) atoms. The third-order valence-corrected chi connectivity index (χ3v) is 6.28. The molecule has 1 aliphatic carbocycles. The fourth-order valence-corrected chi connectivity index (χ4v) is 4.53. The van der Waals surface area contributed by atoms with Gasteiger partial charge in [-0.2, -0.15) is 0 Å². The summed E-state index contributed by atoms with van der Waals surface area (Å²) in [4.78, 5) is 25.1. The van der Waals surface area contributed by atoms with Crippen molar-refractivity contribution in [3.63, 3.8) is 0 Å². The fraction of sp³-hybridized carbons (Fsp3) is 0.259. The summed E-state index contributed by atoms with van der Waals surface area (Å²) in [5.74, 6) is -0.942. The van der Waals surface area contributed by atoms with Crippen LogP contribution in [0.15, 0.2) is 72.8 Å². The molecule has 0 saturated heterocycles. The van der Waals surface area contributed by atoms with Gasteiger partial charge in [0.1, 0.15) is 5.75 Å². The topological polar surface area (TPSA) is 108 Å². The van der Waals surface area contributed by atoms with E-state index >= 15 is 0 Å². The molecule has 3 atom stereocenters. The highest BCUT2D eigenvalue weighted by molar-refractivity contribution is 5.86. The smallest absolute Gasteiger partial charge is 0.244 e. The van der Waals surface area contributed by atoms with Crippen LogP contribution >= 0.6 is 0 Å². The number of amides is 2. The molecule has 0 bridgehead atoms. The minimum Gasteiger partial charge on any atom is -0.496 e. The Hall–Kier alpha value is -3.68. The van der Waals surface area contributed by atoms with E-state index in [0.29, 0.717) is 12.8 Å². The number of rotatable bonds is 8. The maximum atomic E-state index is 13.2. The van der Waals surface area contributed by atoms with Crippen molar-refractivity contribution in [1.29, 1.82) is 0 Å². The second-order valence-electron chi connectivity index (χ2n) is 8.49. The van der Waals surface area contributed by atoms with Crippen LogP contribution in [-0.2, 0) is 22.4 Å². The number of para-hydroxylation sites is 1. The first kappa shape index (κ1) is 23.5. The summed E-state index contributed by atoms with van der Waals surface area (Å²) in [5, 5.41) is 22.4. The van der Waals surface area contributed by atoms with E-state index in [1.165, 1.54) is 0 Å². The van der Waals surface area contributed by atoms with Crippen LogP contribution in [0.25, 0.3) is 11.1 Å². The average molecular weight is 461 g/mol. The van der Waals surface area contributed by atoms with Gasteiger partial charge in [0.25, 0.3) is 0 Å². The molecule has 0 aliphatic heterocycles. The fourth-order valence-electron chi connectivity index (χ4n) is 4.53. The summed E-state index contributed by atoms with van der Waals surface area (Å²) in [7, 11) is 1.63. The van der Waals surface area contributed by atoms with Gasteiger partial charge in [0.2, 0.25) is 11.8 Å². The lowest BCUT2D eigenvalue weighted by molar-refractivity contribution is -0.135. The second-order valence-corrected chi connectivity index (χ2v) is 8.49. The van der Waals surface area contributed by atoms with Gasteiger partial charge in [-0.15, -0.1) is 0 Å². The van der Waals surface area contributed by atoms with Gasteiger partial charge >= 0.3 is 0 Å². The Kier molecular flexibility index (Phi) is 7.25. The molecule has 7 heteroatoms. The number of methoxy groups -OCH3 is 1. The number of nitrogens with one attached hydrogen (secondary N) is 2. The Bertz CT molecular complexity index is 1160. The van der Waals surface area contributed by atoms with E-state index < -0.39 is 24.0 Å². The van der Waals surface area contributed by atoms with Gasteiger partial charge in [0.15, 0.2) is 0 Å². The van der Waals surface area contributed by atoms with Crippen molar-refractivity contribution >= 4 is 11.8 Å². The molecule has 4 rings (SSSR count). The van der Waals surface area contributed by atoms with Crippen molar-refractivity contribution < 1.29 is 24.6 Å². The van der Waals surface area contributed by atoms with E-state index in [9.17, 15) is 14.7 Å². The largest absolute Gasteiger partial charge is 0.496 e. The van der Waals surface area contributed by atoms with Crippen molar-refractivity contribution in [3.05, 3.63) is 89.5 Å². The van der Waals surface area contributed by atoms with Crippen LogP contribution in [0, 0.1) is 5.92 Å². The molecule has 0 radical (unpaired) electrons. The van der Waals surface area contributed by atoms with E-state index in [1.807, 2.05) is 72.8 Å². The Balaban J connectivity index is 1.51. The van der Waals surface area contributed by atoms with Crippen molar-refractivity contribution in [2.75, 3.05) is 7.11 Å². The number of ether oxygens (including phenoxy) is 1. The van der Waals surface area contributed by atoms with Crippen LogP contribution in [0.1, 0.15) is 29.2 Å². The maximum Gasteiger partial charge on any atom is 0.244 e. The number of fused-ring (bicyclic) bond motifs is 1. The minimum atomic E-state index is -0.728. The van der Waals surface area contributed by atoms with E-state index in [1.54, 1.807) is 12.6 Å². The van der Waals surface area contributed by atoms with Crippen LogP contribution in [-0.4, -0.2) is 35.3 Å². The predicted octanol–water partition coefficient (Wildman–Crippen LogP) is 3.19. The number of aliphatic hydroxyl groups excluding tert-OH is 1. The number of hydrogen-bond donors (Lipinski definition) is 4.